The molecule has 0 amide bonds. The number of nitrogens with zero attached hydrogens (tertiary/aromatic N) is 3. The van der Waals surface area contributed by atoms with Crippen molar-refractivity contribution in [3.8, 4) is 17.9 Å². The summed E-state index contributed by atoms with van der Waals surface area (Å²) < 4.78 is 7.00. The zero-order chi connectivity index (χ0) is 13.0. The highest BCUT2D eigenvalue weighted by atomic mass is 16.5. The van der Waals surface area contributed by atoms with Gasteiger partial charge in [-0.15, -0.1) is 0 Å². The molecule has 0 atom stereocenters. The first-order chi connectivity index (χ1) is 8.78. The molecule has 0 unspecified atom stereocenters. The monoisotopic (exact) mass is 237 g/mol. The Kier molecular flexibility index (Phi) is 3.31. The maximum absolute atomic E-state index is 8.93. The molecule has 4 nitrogen and oxygen atoms in total. The fraction of sp³-hybridized carbons (Fsp3) is 0.143. The highest BCUT2D eigenvalue weighted by Crippen LogP contribution is 2.20. The number of aromatic nitrogens is 1. The van der Waals surface area contributed by atoms with Crippen molar-refractivity contribution in [3.05, 3.63) is 53.3 Å². The number of hydrogen-bond donors (Lipinski definition) is 0. The van der Waals surface area contributed by atoms with Gasteiger partial charge >= 0.3 is 0 Å². The molecular formula is C14H11N3O. The Bertz CT molecular complexity index is 644. The Balaban J connectivity index is 2.31. The second-order valence-electron chi connectivity index (χ2n) is 3.78. The topological polar surface area (TPSA) is 61.7 Å². The van der Waals surface area contributed by atoms with E-state index in [1.165, 1.54) is 7.11 Å². The second kappa shape index (κ2) is 5.07. The molecule has 0 fully saturated rings. The highest BCUT2D eigenvalue weighted by molar-refractivity contribution is 5.45. The number of hydrogen-bond acceptors (Lipinski definition) is 3. The Hall–Kier alpha value is -2.72. The molecule has 4 heteroatoms. The van der Waals surface area contributed by atoms with Gasteiger partial charge in [-0.1, -0.05) is 6.07 Å². The van der Waals surface area contributed by atoms with Crippen molar-refractivity contribution in [2.24, 2.45) is 0 Å². The van der Waals surface area contributed by atoms with E-state index in [1.54, 1.807) is 12.1 Å². The van der Waals surface area contributed by atoms with Gasteiger partial charge in [-0.05, 0) is 29.8 Å². The first-order valence-corrected chi connectivity index (χ1v) is 5.40. The molecule has 0 radical (unpaired) electrons. The van der Waals surface area contributed by atoms with Crippen molar-refractivity contribution in [1.82, 2.24) is 4.57 Å². The lowest BCUT2D eigenvalue weighted by atomic mass is 10.1. The van der Waals surface area contributed by atoms with Crippen LogP contribution in [0.1, 0.15) is 16.8 Å². The van der Waals surface area contributed by atoms with Crippen molar-refractivity contribution in [2.45, 2.75) is 6.54 Å². The van der Waals surface area contributed by atoms with Crippen LogP contribution >= 0.6 is 0 Å². The summed E-state index contributed by atoms with van der Waals surface area (Å²) in [6.07, 6.45) is 1.85. The van der Waals surface area contributed by atoms with Gasteiger partial charge in [0.2, 0.25) is 0 Å². The zero-order valence-electron chi connectivity index (χ0n) is 9.92. The van der Waals surface area contributed by atoms with E-state index in [0.717, 1.165) is 5.56 Å². The third-order valence-electron chi connectivity index (χ3n) is 2.68. The van der Waals surface area contributed by atoms with Gasteiger partial charge in [0.05, 0.1) is 12.7 Å². The van der Waals surface area contributed by atoms with Crippen LogP contribution in [0, 0.1) is 22.7 Å². The first-order valence-electron chi connectivity index (χ1n) is 5.40. The normalized spacial score (nSPS) is 9.50. The standard InChI is InChI=1S/C14H11N3O/c1-18-14-7-11(4-5-12(14)8-15)10-17-6-2-3-13(17)9-16/h2-7H,10H2,1H3. The van der Waals surface area contributed by atoms with Crippen LogP contribution in [0.25, 0.3) is 0 Å². The Morgan fingerprint density at radius 2 is 2.06 bits per heavy atom. The van der Waals surface area contributed by atoms with E-state index in [2.05, 4.69) is 12.1 Å². The van der Waals surface area contributed by atoms with E-state index < -0.39 is 0 Å². The molecule has 1 heterocycles. The molecule has 0 N–H and O–H groups in total. The van der Waals surface area contributed by atoms with Gasteiger partial charge in [0.15, 0.2) is 0 Å². The summed E-state index contributed by atoms with van der Waals surface area (Å²) in [4.78, 5) is 0. The van der Waals surface area contributed by atoms with Crippen LogP contribution in [-0.4, -0.2) is 11.7 Å². The summed E-state index contributed by atoms with van der Waals surface area (Å²) in [5, 5.41) is 17.8. The molecule has 0 saturated heterocycles. The van der Waals surface area contributed by atoms with Crippen molar-refractivity contribution in [1.29, 1.82) is 10.5 Å². The minimum atomic E-state index is 0.509. The molecule has 1 aromatic carbocycles. The predicted molar refractivity (Wildman–Crippen MR) is 66.0 cm³/mol. The quantitative estimate of drug-likeness (QED) is 0.822. The Morgan fingerprint density at radius 3 is 2.72 bits per heavy atom. The molecule has 0 aliphatic carbocycles. The number of rotatable bonds is 3. The SMILES string of the molecule is COc1cc(Cn2cccc2C#N)ccc1C#N. The predicted octanol–water partition coefficient (Wildman–Crippen LogP) is 2.29. The van der Waals surface area contributed by atoms with E-state index in [1.807, 2.05) is 29.0 Å². The van der Waals surface area contributed by atoms with Crippen LogP contribution in [0.15, 0.2) is 36.5 Å². The third-order valence-corrected chi connectivity index (χ3v) is 2.68. The molecule has 0 saturated carbocycles. The zero-order valence-corrected chi connectivity index (χ0v) is 9.92. The average molecular weight is 237 g/mol. The molecule has 2 aromatic rings. The minimum Gasteiger partial charge on any atom is -0.495 e. The molecule has 0 spiro atoms. The average Bonchev–Trinajstić information content (AvgIpc) is 2.85. The van der Waals surface area contributed by atoms with Crippen LogP contribution < -0.4 is 4.74 Å². The van der Waals surface area contributed by atoms with Crippen LogP contribution in [0.3, 0.4) is 0 Å². The van der Waals surface area contributed by atoms with Gasteiger partial charge in [0.25, 0.3) is 0 Å². The van der Waals surface area contributed by atoms with Crippen molar-refractivity contribution < 1.29 is 4.74 Å². The first kappa shape index (κ1) is 11.8. The lowest BCUT2D eigenvalue weighted by molar-refractivity contribution is 0.413. The lowest BCUT2D eigenvalue weighted by Crippen LogP contribution is -2.01. The summed E-state index contributed by atoms with van der Waals surface area (Å²) in [6.45, 7) is 0.581. The van der Waals surface area contributed by atoms with E-state index in [0.29, 0.717) is 23.6 Å². The lowest BCUT2D eigenvalue weighted by Gasteiger charge is -2.08. The molecular weight excluding hydrogens is 226 g/mol. The number of methoxy groups -OCH3 is 1. The fourth-order valence-electron chi connectivity index (χ4n) is 1.78. The van der Waals surface area contributed by atoms with E-state index in [-0.39, 0.29) is 0 Å². The molecule has 88 valence electrons. The molecule has 0 bridgehead atoms. The molecule has 2 rings (SSSR count). The summed E-state index contributed by atoms with van der Waals surface area (Å²) in [5.74, 6) is 0.556. The Labute approximate surface area is 105 Å². The summed E-state index contributed by atoms with van der Waals surface area (Å²) in [5.41, 5.74) is 2.10. The second-order valence-corrected chi connectivity index (χ2v) is 3.78. The highest BCUT2D eigenvalue weighted by Gasteiger charge is 2.05. The van der Waals surface area contributed by atoms with Gasteiger partial charge in [-0.3, -0.25) is 0 Å². The van der Waals surface area contributed by atoms with Crippen LogP contribution in [0.4, 0.5) is 0 Å². The molecule has 18 heavy (non-hydrogen) atoms. The van der Waals surface area contributed by atoms with Crippen molar-refractivity contribution in [3.63, 3.8) is 0 Å². The third kappa shape index (κ3) is 2.18. The summed E-state index contributed by atoms with van der Waals surface area (Å²) >= 11 is 0. The van der Waals surface area contributed by atoms with Gasteiger partial charge in [0.1, 0.15) is 23.6 Å². The van der Waals surface area contributed by atoms with Gasteiger partial charge in [0, 0.05) is 12.7 Å². The Morgan fingerprint density at radius 1 is 1.22 bits per heavy atom. The van der Waals surface area contributed by atoms with Crippen LogP contribution in [0.5, 0.6) is 5.75 Å². The summed E-state index contributed by atoms with van der Waals surface area (Å²) in [6, 6.07) is 13.2. The van der Waals surface area contributed by atoms with Crippen LogP contribution in [0.2, 0.25) is 0 Å². The fourth-order valence-corrected chi connectivity index (χ4v) is 1.78. The van der Waals surface area contributed by atoms with Gasteiger partial charge < -0.3 is 9.30 Å². The van der Waals surface area contributed by atoms with Crippen molar-refractivity contribution >= 4 is 0 Å². The minimum absolute atomic E-state index is 0.509. The number of benzene rings is 1. The van der Waals surface area contributed by atoms with Crippen molar-refractivity contribution in [2.75, 3.05) is 7.11 Å². The van der Waals surface area contributed by atoms with E-state index in [4.69, 9.17) is 15.3 Å². The summed E-state index contributed by atoms with van der Waals surface area (Å²) in [7, 11) is 1.54. The maximum Gasteiger partial charge on any atom is 0.136 e. The largest absolute Gasteiger partial charge is 0.495 e. The number of nitriles is 2. The van der Waals surface area contributed by atoms with Crippen LogP contribution in [-0.2, 0) is 6.54 Å². The molecule has 1 aromatic heterocycles. The number of ether oxygens (including phenoxy) is 1. The maximum atomic E-state index is 8.93. The molecule has 0 aliphatic rings. The van der Waals surface area contributed by atoms with Gasteiger partial charge in [-0.25, -0.2) is 0 Å². The smallest absolute Gasteiger partial charge is 0.136 e. The van der Waals surface area contributed by atoms with E-state index >= 15 is 0 Å². The van der Waals surface area contributed by atoms with Gasteiger partial charge in [-0.2, -0.15) is 10.5 Å². The van der Waals surface area contributed by atoms with E-state index in [9.17, 15) is 0 Å². The molecule has 0 aliphatic heterocycles.